The zero-order chi connectivity index (χ0) is 11.7. The molecule has 3 nitrogen and oxygen atoms in total. The third-order valence-corrected chi connectivity index (χ3v) is 2.93. The van der Waals surface area contributed by atoms with Crippen LogP contribution in [0.2, 0.25) is 0 Å². The minimum atomic E-state index is -2.03. The van der Waals surface area contributed by atoms with E-state index < -0.39 is 33.7 Å². The van der Waals surface area contributed by atoms with Gasteiger partial charge in [-0.15, -0.1) is 0 Å². The number of hydrogen-bond donors (Lipinski definition) is 2. The summed E-state index contributed by atoms with van der Waals surface area (Å²) in [6.45, 7) is 0. The first kappa shape index (κ1) is 12.5. The van der Waals surface area contributed by atoms with Gasteiger partial charge in [-0.3, -0.25) is 0 Å². The van der Waals surface area contributed by atoms with Gasteiger partial charge in [0.2, 0.25) is 0 Å². The summed E-state index contributed by atoms with van der Waals surface area (Å²) in [6.07, 6.45) is -2.03. The first-order chi connectivity index (χ1) is 6.86. The van der Waals surface area contributed by atoms with E-state index in [-0.39, 0.29) is 4.47 Å². The summed E-state index contributed by atoms with van der Waals surface area (Å²) < 4.78 is 25.7. The summed E-state index contributed by atoms with van der Waals surface area (Å²) in [5, 5.41) is 17.6. The molecule has 0 saturated heterocycles. The minimum absolute atomic E-state index is 0.133. The molecular formula is C8H4Br2F2O3. The maximum absolute atomic E-state index is 13.3. The number of aliphatic hydroxyl groups is 1. The second kappa shape index (κ2) is 4.54. The summed E-state index contributed by atoms with van der Waals surface area (Å²) in [6, 6.07) is 0.883. The van der Waals surface area contributed by atoms with Gasteiger partial charge in [0.25, 0.3) is 0 Å². The molecule has 0 aromatic heterocycles. The summed E-state index contributed by atoms with van der Waals surface area (Å²) >= 11 is 5.39. The van der Waals surface area contributed by atoms with Crippen molar-refractivity contribution in [2.45, 2.75) is 6.10 Å². The molecule has 2 N–H and O–H groups in total. The number of aliphatic carboxylic acids is 1. The summed E-state index contributed by atoms with van der Waals surface area (Å²) in [4.78, 5) is 10.4. The molecule has 82 valence electrons. The summed E-state index contributed by atoms with van der Waals surface area (Å²) in [5.41, 5.74) is -0.511. The fraction of sp³-hybridized carbons (Fsp3) is 0.125. The van der Waals surface area contributed by atoms with Crippen molar-refractivity contribution in [3.8, 4) is 0 Å². The van der Waals surface area contributed by atoms with E-state index in [9.17, 15) is 13.6 Å². The second-order valence-electron chi connectivity index (χ2n) is 2.63. The third-order valence-electron chi connectivity index (χ3n) is 1.66. The van der Waals surface area contributed by atoms with Gasteiger partial charge in [-0.2, -0.15) is 0 Å². The molecule has 1 rings (SSSR count). The molecule has 0 fully saturated rings. The number of halogens is 4. The molecule has 1 aromatic rings. The number of benzene rings is 1. The topological polar surface area (TPSA) is 57.5 Å². The fourth-order valence-electron chi connectivity index (χ4n) is 0.923. The quantitative estimate of drug-likeness (QED) is 0.640. The molecule has 0 aliphatic heterocycles. The van der Waals surface area contributed by atoms with Gasteiger partial charge < -0.3 is 10.2 Å². The molecule has 1 unspecified atom stereocenters. The SMILES string of the molecule is O=C(O)C(O)c1cc(Br)c(F)c(Br)c1F. The Morgan fingerprint density at radius 1 is 1.33 bits per heavy atom. The van der Waals surface area contributed by atoms with E-state index in [2.05, 4.69) is 31.9 Å². The van der Waals surface area contributed by atoms with Crippen molar-refractivity contribution in [3.05, 3.63) is 32.2 Å². The smallest absolute Gasteiger partial charge is 0.337 e. The van der Waals surface area contributed by atoms with E-state index in [1.807, 2.05) is 0 Å². The molecule has 7 heteroatoms. The van der Waals surface area contributed by atoms with E-state index in [0.717, 1.165) is 6.07 Å². The number of rotatable bonds is 2. The van der Waals surface area contributed by atoms with E-state index in [0.29, 0.717) is 0 Å². The molecule has 1 atom stereocenters. The summed E-state index contributed by atoms with van der Waals surface area (Å²) in [5.74, 6) is -3.64. The highest BCUT2D eigenvalue weighted by Gasteiger charge is 2.24. The molecule has 1 aromatic carbocycles. The molecule has 0 radical (unpaired) electrons. The van der Waals surface area contributed by atoms with Gasteiger partial charge in [0.15, 0.2) is 11.9 Å². The maximum atomic E-state index is 13.3. The summed E-state index contributed by atoms with van der Waals surface area (Å²) in [7, 11) is 0. The molecular weight excluding hydrogens is 342 g/mol. The number of carbonyl (C=O) groups is 1. The van der Waals surface area contributed by atoms with Crippen LogP contribution in [0, 0.1) is 11.6 Å². The predicted octanol–water partition coefficient (Wildman–Crippen LogP) is 2.61. The fourth-order valence-corrected chi connectivity index (χ4v) is 2.08. The van der Waals surface area contributed by atoms with Gasteiger partial charge in [0.05, 0.1) is 8.95 Å². The average Bonchev–Trinajstić information content (AvgIpc) is 2.19. The molecule has 0 aliphatic carbocycles. The normalized spacial score (nSPS) is 12.6. The van der Waals surface area contributed by atoms with Crippen molar-refractivity contribution >= 4 is 37.8 Å². The van der Waals surface area contributed by atoms with E-state index in [1.54, 1.807) is 0 Å². The van der Waals surface area contributed by atoms with Crippen molar-refractivity contribution in [2.75, 3.05) is 0 Å². The molecule has 0 bridgehead atoms. The number of aliphatic hydroxyl groups excluding tert-OH is 1. The van der Waals surface area contributed by atoms with E-state index >= 15 is 0 Å². The molecule has 15 heavy (non-hydrogen) atoms. The van der Waals surface area contributed by atoms with Crippen LogP contribution in [0.15, 0.2) is 15.0 Å². The van der Waals surface area contributed by atoms with Crippen molar-refractivity contribution in [1.29, 1.82) is 0 Å². The van der Waals surface area contributed by atoms with Crippen LogP contribution in [0.4, 0.5) is 8.78 Å². The molecule has 0 spiro atoms. The van der Waals surface area contributed by atoms with Crippen molar-refractivity contribution in [1.82, 2.24) is 0 Å². The molecule has 0 amide bonds. The lowest BCUT2D eigenvalue weighted by molar-refractivity contribution is -0.147. The van der Waals surface area contributed by atoms with Crippen LogP contribution in [0.25, 0.3) is 0 Å². The molecule has 0 heterocycles. The lowest BCUT2D eigenvalue weighted by Gasteiger charge is -2.10. The van der Waals surface area contributed by atoms with Crippen molar-refractivity contribution in [3.63, 3.8) is 0 Å². The van der Waals surface area contributed by atoms with E-state index in [4.69, 9.17) is 10.2 Å². The van der Waals surface area contributed by atoms with Crippen LogP contribution in [0.3, 0.4) is 0 Å². The van der Waals surface area contributed by atoms with Crippen LogP contribution < -0.4 is 0 Å². The number of carboxylic acid groups (broad SMARTS) is 1. The Morgan fingerprint density at radius 2 is 1.87 bits per heavy atom. The van der Waals surface area contributed by atoms with Crippen LogP contribution in [0.1, 0.15) is 11.7 Å². The second-order valence-corrected chi connectivity index (χ2v) is 4.28. The highest BCUT2D eigenvalue weighted by Crippen LogP contribution is 2.32. The van der Waals surface area contributed by atoms with Gasteiger partial charge in [0, 0.05) is 5.56 Å². The Morgan fingerprint density at radius 3 is 2.33 bits per heavy atom. The largest absolute Gasteiger partial charge is 0.479 e. The lowest BCUT2D eigenvalue weighted by atomic mass is 10.1. The highest BCUT2D eigenvalue weighted by atomic mass is 79.9. The maximum Gasteiger partial charge on any atom is 0.337 e. The van der Waals surface area contributed by atoms with Crippen LogP contribution in [0.5, 0.6) is 0 Å². The zero-order valence-corrected chi connectivity index (χ0v) is 10.1. The predicted molar refractivity (Wildman–Crippen MR) is 54.4 cm³/mol. The Balaban J connectivity index is 3.38. The van der Waals surface area contributed by atoms with Gasteiger partial charge in [0.1, 0.15) is 5.82 Å². The first-order valence-corrected chi connectivity index (χ1v) is 5.18. The van der Waals surface area contributed by atoms with Gasteiger partial charge in [-0.25, -0.2) is 13.6 Å². The van der Waals surface area contributed by atoms with Crippen molar-refractivity contribution in [2.24, 2.45) is 0 Å². The van der Waals surface area contributed by atoms with E-state index in [1.165, 1.54) is 0 Å². The van der Waals surface area contributed by atoms with Crippen LogP contribution in [-0.4, -0.2) is 16.2 Å². The Hall–Kier alpha value is -0.530. The third kappa shape index (κ3) is 2.35. The monoisotopic (exact) mass is 344 g/mol. The first-order valence-electron chi connectivity index (χ1n) is 3.60. The average molecular weight is 346 g/mol. The van der Waals surface area contributed by atoms with Crippen LogP contribution in [-0.2, 0) is 4.79 Å². The van der Waals surface area contributed by atoms with Gasteiger partial charge in [-0.1, -0.05) is 0 Å². The Kier molecular flexibility index (Phi) is 3.80. The minimum Gasteiger partial charge on any atom is -0.479 e. The van der Waals surface area contributed by atoms with Crippen molar-refractivity contribution < 1.29 is 23.8 Å². The zero-order valence-electron chi connectivity index (χ0n) is 6.97. The lowest BCUT2D eigenvalue weighted by Crippen LogP contribution is -2.13. The molecule has 0 saturated carbocycles. The standard InChI is InChI=1S/C8H4Br2F2O3/c9-3-1-2(7(13)8(14)15)5(11)4(10)6(3)12/h1,7,13H,(H,14,15). The van der Waals surface area contributed by atoms with Gasteiger partial charge in [-0.05, 0) is 37.9 Å². The number of hydrogen-bond acceptors (Lipinski definition) is 2. The van der Waals surface area contributed by atoms with Gasteiger partial charge >= 0.3 is 5.97 Å². The highest BCUT2D eigenvalue weighted by molar-refractivity contribution is 9.11. The van der Waals surface area contributed by atoms with Crippen LogP contribution >= 0.6 is 31.9 Å². The number of carboxylic acids is 1. The Labute approximate surface area is 100.0 Å². The molecule has 0 aliphatic rings. The Bertz CT molecular complexity index is 423.